The molecule has 5 nitrogen and oxygen atoms in total. The summed E-state index contributed by atoms with van der Waals surface area (Å²) in [6.07, 6.45) is 0. The van der Waals surface area contributed by atoms with Gasteiger partial charge in [0.15, 0.2) is 9.84 Å². The lowest BCUT2D eigenvalue weighted by molar-refractivity contribution is -0.119. The van der Waals surface area contributed by atoms with E-state index in [0.29, 0.717) is 15.6 Å². The first-order valence-corrected chi connectivity index (χ1v) is 9.70. The zero-order chi connectivity index (χ0) is 15.6. The zero-order valence-corrected chi connectivity index (χ0v) is 14.0. The number of carbonyl (C=O) groups is 1. The number of amides is 1. The molecule has 1 aliphatic heterocycles. The average molecular weight is 369 g/mol. The van der Waals surface area contributed by atoms with Crippen LogP contribution in [-0.4, -0.2) is 43.0 Å². The highest BCUT2D eigenvalue weighted by Gasteiger charge is 2.37. The molecule has 0 bridgehead atoms. The van der Waals surface area contributed by atoms with Crippen molar-refractivity contribution in [1.82, 2.24) is 5.32 Å². The van der Waals surface area contributed by atoms with E-state index in [4.69, 9.17) is 28.9 Å². The van der Waals surface area contributed by atoms with Crippen LogP contribution in [-0.2, 0) is 14.6 Å². The van der Waals surface area contributed by atoms with E-state index < -0.39 is 21.3 Å². The Balaban J connectivity index is 1.90. The van der Waals surface area contributed by atoms with Gasteiger partial charge in [0.1, 0.15) is 0 Å². The summed E-state index contributed by atoms with van der Waals surface area (Å²) in [5.74, 6) is -0.389. The molecule has 1 fully saturated rings. The van der Waals surface area contributed by atoms with Crippen LogP contribution >= 0.6 is 35.0 Å². The topological polar surface area (TPSA) is 89.3 Å². The van der Waals surface area contributed by atoms with Crippen molar-refractivity contribution in [3.63, 3.8) is 0 Å². The van der Waals surface area contributed by atoms with Crippen LogP contribution in [0, 0.1) is 0 Å². The van der Waals surface area contributed by atoms with Crippen LogP contribution in [0.2, 0.25) is 5.02 Å². The molecule has 0 aliphatic carbocycles. The SMILES string of the molecule is Nc1ccc(Cl)c(SCC(=O)NC2CS(=O)(=O)CC2Cl)c1. The number of carbonyl (C=O) groups excluding carboxylic acids is 1. The molecule has 1 saturated heterocycles. The Labute approximate surface area is 137 Å². The normalized spacial score (nSPS) is 23.9. The molecule has 21 heavy (non-hydrogen) atoms. The molecule has 0 aromatic heterocycles. The van der Waals surface area contributed by atoms with Crippen LogP contribution in [0.15, 0.2) is 23.1 Å². The minimum atomic E-state index is -3.16. The van der Waals surface area contributed by atoms with Crippen molar-refractivity contribution in [2.24, 2.45) is 0 Å². The Bertz CT molecular complexity index is 652. The first kappa shape index (κ1) is 16.7. The van der Waals surface area contributed by atoms with Crippen LogP contribution in [0.25, 0.3) is 0 Å². The van der Waals surface area contributed by atoms with Crippen molar-refractivity contribution in [3.8, 4) is 0 Å². The van der Waals surface area contributed by atoms with Gasteiger partial charge in [0.25, 0.3) is 0 Å². The summed E-state index contributed by atoms with van der Waals surface area (Å²) >= 11 is 13.2. The molecule has 1 aromatic carbocycles. The highest BCUT2D eigenvalue weighted by molar-refractivity contribution is 8.00. The second-order valence-corrected chi connectivity index (χ2v) is 8.88. The first-order valence-electron chi connectivity index (χ1n) is 6.08. The minimum absolute atomic E-state index is 0.103. The smallest absolute Gasteiger partial charge is 0.230 e. The molecule has 0 radical (unpaired) electrons. The van der Waals surface area contributed by atoms with E-state index in [1.54, 1.807) is 18.2 Å². The maximum Gasteiger partial charge on any atom is 0.230 e. The third-order valence-corrected chi connectivity index (χ3v) is 6.82. The van der Waals surface area contributed by atoms with Gasteiger partial charge in [-0.2, -0.15) is 0 Å². The second kappa shape index (κ2) is 6.64. The maximum absolute atomic E-state index is 11.9. The lowest BCUT2D eigenvalue weighted by Gasteiger charge is -2.14. The van der Waals surface area contributed by atoms with Crippen LogP contribution in [0.5, 0.6) is 0 Å². The van der Waals surface area contributed by atoms with E-state index in [1.165, 1.54) is 11.8 Å². The van der Waals surface area contributed by atoms with Gasteiger partial charge < -0.3 is 11.1 Å². The number of hydrogen-bond acceptors (Lipinski definition) is 5. The van der Waals surface area contributed by atoms with Gasteiger partial charge in [-0.25, -0.2) is 8.42 Å². The molecular formula is C12H14Cl2N2O3S2. The van der Waals surface area contributed by atoms with Crippen molar-refractivity contribution in [1.29, 1.82) is 0 Å². The Morgan fingerprint density at radius 2 is 2.14 bits per heavy atom. The van der Waals surface area contributed by atoms with Crippen LogP contribution in [0.1, 0.15) is 0 Å². The third-order valence-electron chi connectivity index (χ3n) is 2.94. The molecule has 2 rings (SSSR count). The monoisotopic (exact) mass is 368 g/mol. The molecule has 2 unspecified atom stereocenters. The van der Waals surface area contributed by atoms with Gasteiger partial charge >= 0.3 is 0 Å². The number of nitrogens with one attached hydrogen (secondary N) is 1. The number of anilines is 1. The van der Waals surface area contributed by atoms with E-state index in [-0.39, 0.29) is 23.2 Å². The summed E-state index contributed by atoms with van der Waals surface area (Å²) in [6, 6.07) is 4.48. The van der Waals surface area contributed by atoms with E-state index in [9.17, 15) is 13.2 Å². The van der Waals surface area contributed by atoms with Crippen molar-refractivity contribution < 1.29 is 13.2 Å². The number of rotatable bonds is 4. The van der Waals surface area contributed by atoms with Gasteiger partial charge in [0.05, 0.1) is 33.7 Å². The van der Waals surface area contributed by atoms with Crippen molar-refractivity contribution in [3.05, 3.63) is 23.2 Å². The van der Waals surface area contributed by atoms with Gasteiger partial charge in [-0.15, -0.1) is 23.4 Å². The Morgan fingerprint density at radius 1 is 1.43 bits per heavy atom. The largest absolute Gasteiger partial charge is 0.399 e. The Hall–Kier alpha value is -0.630. The van der Waals surface area contributed by atoms with Crippen LogP contribution in [0.4, 0.5) is 5.69 Å². The van der Waals surface area contributed by atoms with Gasteiger partial charge in [0.2, 0.25) is 5.91 Å². The number of nitrogens with two attached hydrogens (primary N) is 1. The molecule has 0 spiro atoms. The minimum Gasteiger partial charge on any atom is -0.399 e. The number of sulfone groups is 1. The average Bonchev–Trinajstić information content (AvgIpc) is 2.63. The molecular weight excluding hydrogens is 355 g/mol. The molecule has 9 heteroatoms. The zero-order valence-electron chi connectivity index (χ0n) is 10.9. The lowest BCUT2D eigenvalue weighted by Crippen LogP contribution is -2.41. The summed E-state index contributed by atoms with van der Waals surface area (Å²) in [5.41, 5.74) is 6.22. The molecule has 116 valence electrons. The summed E-state index contributed by atoms with van der Waals surface area (Å²) in [6.45, 7) is 0. The first-order chi connectivity index (χ1) is 9.77. The third kappa shape index (κ3) is 4.67. The van der Waals surface area contributed by atoms with Crippen LogP contribution in [0.3, 0.4) is 0 Å². The summed E-state index contributed by atoms with van der Waals surface area (Å²) in [4.78, 5) is 12.6. The van der Waals surface area contributed by atoms with Gasteiger partial charge in [-0.3, -0.25) is 4.79 Å². The number of nitrogen functional groups attached to an aromatic ring is 1. The van der Waals surface area contributed by atoms with Gasteiger partial charge in [0, 0.05) is 10.6 Å². The molecule has 1 aromatic rings. The van der Waals surface area contributed by atoms with Gasteiger partial charge in [-0.1, -0.05) is 11.6 Å². The number of hydrogen-bond donors (Lipinski definition) is 2. The Kier molecular flexibility index (Phi) is 5.29. The number of thioether (sulfide) groups is 1. The van der Waals surface area contributed by atoms with E-state index in [1.807, 2.05) is 0 Å². The maximum atomic E-state index is 11.9. The highest BCUT2D eigenvalue weighted by Crippen LogP contribution is 2.29. The second-order valence-electron chi connectivity index (χ2n) is 4.75. The van der Waals surface area contributed by atoms with Crippen molar-refractivity contribution in [2.75, 3.05) is 23.0 Å². The summed E-state index contributed by atoms with van der Waals surface area (Å²) < 4.78 is 22.8. The molecule has 3 N–H and O–H groups in total. The number of alkyl halides is 1. The lowest BCUT2D eigenvalue weighted by atomic mass is 10.2. The Morgan fingerprint density at radius 3 is 2.76 bits per heavy atom. The van der Waals surface area contributed by atoms with E-state index in [0.717, 1.165) is 0 Å². The molecule has 1 amide bonds. The fourth-order valence-corrected chi connectivity index (χ4v) is 5.59. The van der Waals surface area contributed by atoms with Crippen molar-refractivity contribution >= 4 is 56.4 Å². The highest BCUT2D eigenvalue weighted by atomic mass is 35.5. The predicted octanol–water partition coefficient (Wildman–Crippen LogP) is 1.53. The quantitative estimate of drug-likeness (QED) is 0.477. The standard InChI is InChI=1S/C12H14Cl2N2O3S2/c13-8-2-1-7(15)3-11(8)20-4-12(17)16-10-6-21(18,19)5-9(10)14/h1-3,9-10H,4-6,15H2,(H,16,17). The fourth-order valence-electron chi connectivity index (χ4n) is 1.96. The summed E-state index contributed by atoms with van der Waals surface area (Å²) in [5, 5.41) is 2.57. The van der Waals surface area contributed by atoms with E-state index in [2.05, 4.69) is 5.32 Å². The van der Waals surface area contributed by atoms with Crippen LogP contribution < -0.4 is 11.1 Å². The van der Waals surface area contributed by atoms with Gasteiger partial charge in [-0.05, 0) is 18.2 Å². The van der Waals surface area contributed by atoms with Crippen molar-refractivity contribution in [2.45, 2.75) is 16.3 Å². The summed E-state index contributed by atoms with van der Waals surface area (Å²) in [7, 11) is -3.16. The molecule has 1 heterocycles. The van der Waals surface area contributed by atoms with E-state index >= 15 is 0 Å². The number of benzene rings is 1. The number of halogens is 2. The fraction of sp³-hybridized carbons (Fsp3) is 0.417. The predicted molar refractivity (Wildman–Crippen MR) is 86.8 cm³/mol. The molecule has 1 aliphatic rings. The molecule has 2 atom stereocenters. The molecule has 0 saturated carbocycles.